The molecular weight excluding hydrogens is 492 g/mol. The maximum atomic E-state index is 13.5. The van der Waals surface area contributed by atoms with Crippen molar-refractivity contribution in [2.45, 2.75) is 57.7 Å². The maximum absolute atomic E-state index is 13.5. The molecule has 0 fully saturated rings. The van der Waals surface area contributed by atoms with Crippen LogP contribution in [-0.4, -0.2) is 65.0 Å². The Labute approximate surface area is 222 Å². The first-order chi connectivity index (χ1) is 17.4. The molecule has 0 aliphatic carbocycles. The molecule has 0 heterocycles. The van der Waals surface area contributed by atoms with Gasteiger partial charge in [0.25, 0.3) is 0 Å². The number of hydrogen-bond acceptors (Lipinski definition) is 7. The minimum Gasteiger partial charge on any atom is -0.443 e. The monoisotopic (exact) mass is 530 g/mol. The molecule has 11 heteroatoms. The van der Waals surface area contributed by atoms with Gasteiger partial charge in [0.05, 0.1) is 6.04 Å². The van der Waals surface area contributed by atoms with Gasteiger partial charge in [-0.3, -0.25) is 15.0 Å². The van der Waals surface area contributed by atoms with Crippen LogP contribution in [0.4, 0.5) is 10.5 Å². The third-order valence-electron chi connectivity index (χ3n) is 5.38. The van der Waals surface area contributed by atoms with E-state index >= 15 is 0 Å². The number of carbonyl (C=O) groups is 3. The molecule has 37 heavy (non-hydrogen) atoms. The number of amides is 3. The largest absolute Gasteiger partial charge is 0.443 e. The predicted molar refractivity (Wildman–Crippen MR) is 150 cm³/mol. The van der Waals surface area contributed by atoms with Gasteiger partial charge in [-0.1, -0.05) is 30.3 Å². The van der Waals surface area contributed by atoms with Crippen molar-refractivity contribution >= 4 is 52.1 Å². The SMILES string of the molecule is CSCC[C@@H](C(=O)Nc1ccc2ccccc2c1)N(C(=O)OC(C)(C)C)C(=O)[C@@H](N)CCCNC(=N)N. The van der Waals surface area contributed by atoms with Gasteiger partial charge in [0.2, 0.25) is 11.8 Å². The number of fused-ring (bicyclic) bond motifs is 1. The second-order valence-corrected chi connectivity index (χ2v) is 10.6. The van der Waals surface area contributed by atoms with Crippen molar-refractivity contribution in [2.75, 3.05) is 23.9 Å². The van der Waals surface area contributed by atoms with E-state index in [1.165, 1.54) is 11.8 Å². The van der Waals surface area contributed by atoms with Crippen LogP contribution < -0.4 is 22.1 Å². The summed E-state index contributed by atoms with van der Waals surface area (Å²) in [5.41, 5.74) is 11.1. The summed E-state index contributed by atoms with van der Waals surface area (Å²) in [6.07, 6.45) is 1.85. The highest BCUT2D eigenvalue weighted by Gasteiger charge is 2.39. The fraction of sp³-hybridized carbons (Fsp3) is 0.462. The lowest BCUT2D eigenvalue weighted by Gasteiger charge is -2.33. The predicted octanol–water partition coefficient (Wildman–Crippen LogP) is 3.25. The summed E-state index contributed by atoms with van der Waals surface area (Å²) < 4.78 is 5.51. The molecule has 7 N–H and O–H groups in total. The molecule has 10 nitrogen and oxygen atoms in total. The van der Waals surface area contributed by atoms with E-state index in [4.69, 9.17) is 21.6 Å². The van der Waals surface area contributed by atoms with E-state index in [1.54, 1.807) is 26.8 Å². The topological polar surface area (TPSA) is 164 Å². The van der Waals surface area contributed by atoms with Crippen molar-refractivity contribution in [2.24, 2.45) is 11.5 Å². The van der Waals surface area contributed by atoms with Gasteiger partial charge < -0.3 is 26.8 Å². The molecule has 2 atom stereocenters. The van der Waals surface area contributed by atoms with Gasteiger partial charge in [-0.15, -0.1) is 0 Å². The molecule has 2 aromatic rings. The summed E-state index contributed by atoms with van der Waals surface area (Å²) in [7, 11) is 0. The van der Waals surface area contributed by atoms with Crippen LogP contribution in [0.1, 0.15) is 40.0 Å². The Morgan fingerprint density at radius 3 is 2.41 bits per heavy atom. The summed E-state index contributed by atoms with van der Waals surface area (Å²) >= 11 is 1.50. The second kappa shape index (κ2) is 13.8. The molecule has 3 amide bonds. The van der Waals surface area contributed by atoms with Crippen LogP contribution in [0.5, 0.6) is 0 Å². The Morgan fingerprint density at radius 1 is 1.11 bits per heavy atom. The molecule has 0 aromatic heterocycles. The number of guanidine groups is 1. The Hall–Kier alpha value is -3.31. The van der Waals surface area contributed by atoms with E-state index in [2.05, 4.69) is 10.6 Å². The summed E-state index contributed by atoms with van der Waals surface area (Å²) in [6, 6.07) is 11.1. The molecule has 0 radical (unpaired) electrons. The highest BCUT2D eigenvalue weighted by Crippen LogP contribution is 2.22. The molecule has 2 aromatic carbocycles. The van der Waals surface area contributed by atoms with Crippen molar-refractivity contribution < 1.29 is 19.1 Å². The van der Waals surface area contributed by atoms with E-state index in [1.807, 2.05) is 42.7 Å². The summed E-state index contributed by atoms with van der Waals surface area (Å²) in [4.78, 5) is 41.1. The van der Waals surface area contributed by atoms with E-state index in [0.29, 0.717) is 24.4 Å². The summed E-state index contributed by atoms with van der Waals surface area (Å²) in [6.45, 7) is 5.41. The van der Waals surface area contributed by atoms with E-state index in [-0.39, 0.29) is 18.8 Å². The number of thioether (sulfide) groups is 1. The number of ether oxygens (including phenoxy) is 1. The molecule has 0 spiro atoms. The molecule has 2 rings (SSSR count). The van der Waals surface area contributed by atoms with Crippen LogP contribution in [0.25, 0.3) is 10.8 Å². The molecule has 0 unspecified atom stereocenters. The van der Waals surface area contributed by atoms with E-state index in [9.17, 15) is 14.4 Å². The maximum Gasteiger partial charge on any atom is 0.417 e. The lowest BCUT2D eigenvalue weighted by molar-refractivity contribution is -0.139. The number of hydrogen-bond donors (Lipinski definition) is 5. The number of benzene rings is 2. The molecule has 202 valence electrons. The zero-order valence-corrected chi connectivity index (χ0v) is 22.7. The normalized spacial score (nSPS) is 12.9. The Balaban J connectivity index is 2.32. The second-order valence-electron chi connectivity index (χ2n) is 9.63. The van der Waals surface area contributed by atoms with Gasteiger partial charge in [0.15, 0.2) is 5.96 Å². The zero-order valence-electron chi connectivity index (χ0n) is 21.9. The van der Waals surface area contributed by atoms with Gasteiger partial charge >= 0.3 is 6.09 Å². The van der Waals surface area contributed by atoms with Crippen molar-refractivity contribution in [3.63, 3.8) is 0 Å². The first kappa shape index (κ1) is 29.9. The van der Waals surface area contributed by atoms with Gasteiger partial charge in [-0.2, -0.15) is 11.8 Å². The van der Waals surface area contributed by atoms with E-state index < -0.39 is 35.6 Å². The van der Waals surface area contributed by atoms with E-state index in [0.717, 1.165) is 15.7 Å². The molecule has 0 bridgehead atoms. The average molecular weight is 531 g/mol. The van der Waals surface area contributed by atoms with Crippen LogP contribution in [0, 0.1) is 5.41 Å². The zero-order chi connectivity index (χ0) is 27.6. The lowest BCUT2D eigenvalue weighted by Crippen LogP contribution is -2.56. The fourth-order valence-electron chi connectivity index (χ4n) is 3.63. The fourth-order valence-corrected chi connectivity index (χ4v) is 4.09. The van der Waals surface area contributed by atoms with Crippen molar-refractivity contribution in [1.82, 2.24) is 10.2 Å². The van der Waals surface area contributed by atoms with Crippen LogP contribution >= 0.6 is 11.8 Å². The summed E-state index contributed by atoms with van der Waals surface area (Å²) in [5.74, 6) is -0.858. The van der Waals surface area contributed by atoms with Crippen LogP contribution in [0.2, 0.25) is 0 Å². The minimum atomic E-state index is -1.12. The molecular formula is C26H38N6O4S. The highest BCUT2D eigenvalue weighted by atomic mass is 32.2. The van der Waals surface area contributed by atoms with Crippen LogP contribution in [0.15, 0.2) is 42.5 Å². The van der Waals surface area contributed by atoms with Gasteiger partial charge in [-0.25, -0.2) is 9.69 Å². The smallest absolute Gasteiger partial charge is 0.417 e. The van der Waals surface area contributed by atoms with Gasteiger partial charge in [0.1, 0.15) is 11.6 Å². The van der Waals surface area contributed by atoms with Gasteiger partial charge in [0, 0.05) is 12.2 Å². The minimum absolute atomic E-state index is 0.183. The van der Waals surface area contributed by atoms with Crippen LogP contribution in [0.3, 0.4) is 0 Å². The Morgan fingerprint density at radius 2 is 1.78 bits per heavy atom. The third-order valence-corrected chi connectivity index (χ3v) is 6.02. The highest BCUT2D eigenvalue weighted by molar-refractivity contribution is 7.98. The lowest BCUT2D eigenvalue weighted by atomic mass is 10.1. The Kier molecular flexibility index (Phi) is 11.2. The molecule has 0 aliphatic heterocycles. The quantitative estimate of drug-likeness (QED) is 0.168. The first-order valence-corrected chi connectivity index (χ1v) is 13.5. The number of imide groups is 1. The Bertz CT molecular complexity index is 1100. The molecule has 0 saturated heterocycles. The number of nitrogens with one attached hydrogen (secondary N) is 3. The average Bonchev–Trinajstić information content (AvgIpc) is 2.82. The molecule has 0 aliphatic rings. The standard InChI is InChI=1S/C26H38N6O4S/c1-26(2,3)36-25(35)32(23(34)20(27)10-7-14-30-24(28)29)21(13-15-37-4)22(33)31-19-12-11-17-8-5-6-9-18(17)16-19/h5-6,8-9,11-12,16,20-21H,7,10,13-15,27H2,1-4H3,(H,31,33)(H4,28,29,30)/t20-,21-/m0/s1. The number of nitrogens with zero attached hydrogens (tertiary/aromatic N) is 1. The van der Waals surface area contributed by atoms with Crippen molar-refractivity contribution in [3.05, 3.63) is 42.5 Å². The van der Waals surface area contributed by atoms with Crippen molar-refractivity contribution in [3.8, 4) is 0 Å². The molecule has 0 saturated carbocycles. The third kappa shape index (κ3) is 9.58. The number of carbonyl (C=O) groups excluding carboxylic acids is 3. The number of nitrogens with two attached hydrogens (primary N) is 2. The van der Waals surface area contributed by atoms with Crippen LogP contribution in [-0.2, 0) is 14.3 Å². The van der Waals surface area contributed by atoms with Crippen molar-refractivity contribution in [1.29, 1.82) is 5.41 Å². The first-order valence-electron chi connectivity index (χ1n) is 12.1. The van der Waals surface area contributed by atoms with Gasteiger partial charge in [-0.05, 0) is 74.9 Å². The number of anilines is 1. The summed E-state index contributed by atoms with van der Waals surface area (Å²) in [5, 5.41) is 14.7. The number of rotatable bonds is 11.